The zero-order chi connectivity index (χ0) is 28.9. The summed E-state index contributed by atoms with van der Waals surface area (Å²) in [6.07, 6.45) is 2.96. The molecule has 0 heterocycles. The Hall–Kier alpha value is -1.28. The summed E-state index contributed by atoms with van der Waals surface area (Å²) in [6.45, 7) is 15.6. The van der Waals surface area contributed by atoms with Crippen LogP contribution in [0.2, 0.25) is 0 Å². The van der Waals surface area contributed by atoms with E-state index in [1.165, 1.54) is 7.11 Å². The van der Waals surface area contributed by atoms with E-state index < -0.39 is 45.6 Å². The minimum atomic E-state index is -2.09. The largest absolute Gasteiger partial charge is 0.467 e. The fourth-order valence-electron chi connectivity index (χ4n) is 10.8. The zero-order valence-electron chi connectivity index (χ0n) is 24.8. The van der Waals surface area contributed by atoms with Gasteiger partial charge in [-0.1, -0.05) is 40.2 Å². The maximum absolute atomic E-state index is 13.0. The van der Waals surface area contributed by atoms with Crippen molar-refractivity contribution < 1.29 is 34.8 Å². The summed E-state index contributed by atoms with van der Waals surface area (Å²) in [6, 6.07) is 0. The number of aliphatic hydroxyl groups excluding tert-OH is 2. The minimum Gasteiger partial charge on any atom is -0.467 e. The van der Waals surface area contributed by atoms with E-state index in [4.69, 9.17) is 4.74 Å². The number of hydrogen-bond acceptors (Lipinski definition) is 7. The first-order chi connectivity index (χ1) is 17.3. The lowest BCUT2D eigenvalue weighted by molar-refractivity contribution is -0.241. The number of allylic oxidation sites excluding steroid dienone is 2. The quantitative estimate of drug-likeness (QED) is 0.312. The fraction of sp³-hybridized carbons (Fsp3) is 0.871. The van der Waals surface area contributed by atoms with E-state index in [1.54, 1.807) is 13.0 Å². The molecule has 38 heavy (non-hydrogen) atoms. The Bertz CT molecular complexity index is 1030. The number of hydrogen-bond donors (Lipinski definition) is 4. The molecule has 4 rings (SSSR count). The lowest BCUT2D eigenvalue weighted by Crippen LogP contribution is -2.66. The summed E-state index contributed by atoms with van der Waals surface area (Å²) in [5.41, 5.74) is -4.93. The predicted molar refractivity (Wildman–Crippen MR) is 144 cm³/mol. The third-order valence-electron chi connectivity index (χ3n) is 12.6. The van der Waals surface area contributed by atoms with Crippen LogP contribution >= 0.6 is 0 Å². The molecular formula is C31H50O7. The molecule has 4 N–H and O–H groups in total. The Morgan fingerprint density at radius 3 is 2.16 bits per heavy atom. The van der Waals surface area contributed by atoms with Gasteiger partial charge in [0.25, 0.3) is 0 Å². The third-order valence-corrected chi connectivity index (χ3v) is 12.6. The molecule has 0 aliphatic heterocycles. The summed E-state index contributed by atoms with van der Waals surface area (Å²) >= 11 is 0. The standard InChI is InChI=1S/C31H50O7/c1-17(2)14-18(32)16-29(7,36)19-10-12-27(5)20(19)15-21(33)23-28(27,6)13-11-22-26(3,4)31(37,25(35)38-9)24(34)30(22,23)8/h14,19-24,33-34,36-37H,10-13,15-16H2,1-9H3/t19-,20+,21+,22-,23-,24+,27+,28+,29+,30-,31-/m0/s1. The fourth-order valence-corrected chi connectivity index (χ4v) is 10.8. The molecule has 0 saturated heterocycles. The van der Waals surface area contributed by atoms with Gasteiger partial charge < -0.3 is 25.2 Å². The molecular weight excluding hydrogens is 484 g/mol. The molecule has 0 amide bonds. The van der Waals surface area contributed by atoms with Crippen molar-refractivity contribution in [3.05, 3.63) is 11.6 Å². The number of esters is 1. The van der Waals surface area contributed by atoms with Crippen molar-refractivity contribution in [1.29, 1.82) is 0 Å². The first-order valence-electron chi connectivity index (χ1n) is 14.3. The average molecular weight is 535 g/mol. The van der Waals surface area contributed by atoms with E-state index in [0.717, 1.165) is 24.8 Å². The van der Waals surface area contributed by atoms with Crippen LogP contribution in [0.4, 0.5) is 0 Å². The first kappa shape index (κ1) is 29.7. The molecule has 4 fully saturated rings. The Morgan fingerprint density at radius 2 is 1.61 bits per heavy atom. The van der Waals surface area contributed by atoms with E-state index in [2.05, 4.69) is 13.8 Å². The zero-order valence-corrected chi connectivity index (χ0v) is 24.8. The molecule has 7 nitrogen and oxygen atoms in total. The molecule has 11 atom stereocenters. The maximum Gasteiger partial charge on any atom is 0.341 e. The van der Waals surface area contributed by atoms with Crippen LogP contribution in [-0.4, -0.2) is 62.7 Å². The predicted octanol–water partition coefficient (Wildman–Crippen LogP) is 3.80. The average Bonchev–Trinajstić information content (AvgIpc) is 3.19. The van der Waals surface area contributed by atoms with Crippen molar-refractivity contribution in [3.63, 3.8) is 0 Å². The Labute approximate surface area is 228 Å². The number of fused-ring (bicyclic) bond motifs is 5. The monoisotopic (exact) mass is 534 g/mol. The molecule has 4 saturated carbocycles. The number of methoxy groups -OCH3 is 1. The van der Waals surface area contributed by atoms with Gasteiger partial charge in [0.1, 0.15) is 6.10 Å². The van der Waals surface area contributed by atoms with Crippen molar-refractivity contribution in [1.82, 2.24) is 0 Å². The SMILES string of the molecule is COC(=O)[C@@]1(O)[C@H](O)[C@]2(C)[C@H]3[C@H](O)C[C@@H]4[C@@H]([C@](C)(O)CC(=O)C=C(C)C)CC[C@@]4(C)[C@]3(C)CC[C@H]2C1(C)C. The summed E-state index contributed by atoms with van der Waals surface area (Å²) in [5, 5.41) is 47.2. The molecule has 0 aromatic rings. The van der Waals surface area contributed by atoms with Gasteiger partial charge in [-0.25, -0.2) is 4.79 Å². The Kier molecular flexibility index (Phi) is 6.92. The van der Waals surface area contributed by atoms with Crippen LogP contribution in [0.5, 0.6) is 0 Å². The van der Waals surface area contributed by atoms with Crippen LogP contribution in [-0.2, 0) is 14.3 Å². The number of aliphatic hydroxyl groups is 4. The molecule has 0 aromatic heterocycles. The number of rotatable bonds is 5. The van der Waals surface area contributed by atoms with Crippen molar-refractivity contribution in [2.45, 2.75) is 117 Å². The number of carbonyl (C=O) groups excluding carboxylic acids is 2. The van der Waals surface area contributed by atoms with Gasteiger partial charge in [-0.2, -0.15) is 0 Å². The van der Waals surface area contributed by atoms with E-state index in [9.17, 15) is 30.0 Å². The highest BCUT2D eigenvalue weighted by atomic mass is 16.5. The topological polar surface area (TPSA) is 124 Å². The van der Waals surface area contributed by atoms with Crippen molar-refractivity contribution in [2.24, 2.45) is 45.3 Å². The highest BCUT2D eigenvalue weighted by Gasteiger charge is 2.80. The van der Waals surface area contributed by atoms with E-state index in [1.807, 2.05) is 34.6 Å². The molecule has 216 valence electrons. The van der Waals surface area contributed by atoms with Gasteiger partial charge in [-0.3, -0.25) is 4.79 Å². The Balaban J connectivity index is 1.75. The van der Waals surface area contributed by atoms with Crippen molar-refractivity contribution in [3.8, 4) is 0 Å². The van der Waals surface area contributed by atoms with Crippen LogP contribution in [0.3, 0.4) is 0 Å². The summed E-state index contributed by atoms with van der Waals surface area (Å²) in [5.74, 6) is -1.63. The van der Waals surface area contributed by atoms with E-state index in [-0.39, 0.29) is 41.3 Å². The molecule has 7 heteroatoms. The van der Waals surface area contributed by atoms with Crippen molar-refractivity contribution in [2.75, 3.05) is 7.11 Å². The molecule has 0 aromatic carbocycles. The number of carbonyl (C=O) groups is 2. The normalized spacial score (nSPS) is 48.8. The summed E-state index contributed by atoms with van der Waals surface area (Å²) < 4.78 is 5.01. The van der Waals surface area contributed by atoms with Gasteiger partial charge >= 0.3 is 5.97 Å². The maximum atomic E-state index is 13.0. The van der Waals surface area contributed by atoms with Crippen LogP contribution in [0.25, 0.3) is 0 Å². The Morgan fingerprint density at radius 1 is 1.03 bits per heavy atom. The molecule has 0 unspecified atom stereocenters. The second-order valence-corrected chi connectivity index (χ2v) is 14.9. The van der Waals surface area contributed by atoms with Crippen LogP contribution in [0.15, 0.2) is 11.6 Å². The van der Waals surface area contributed by atoms with E-state index >= 15 is 0 Å². The van der Waals surface area contributed by atoms with Crippen LogP contribution in [0.1, 0.15) is 93.9 Å². The van der Waals surface area contributed by atoms with Crippen LogP contribution < -0.4 is 0 Å². The van der Waals surface area contributed by atoms with Gasteiger partial charge in [-0.15, -0.1) is 0 Å². The molecule has 4 aliphatic rings. The lowest BCUT2D eigenvalue weighted by Gasteiger charge is -2.67. The number of ketones is 1. The van der Waals surface area contributed by atoms with E-state index in [0.29, 0.717) is 12.8 Å². The van der Waals surface area contributed by atoms with Crippen LogP contribution in [0, 0.1) is 45.3 Å². The number of ether oxygens (including phenoxy) is 1. The van der Waals surface area contributed by atoms with Gasteiger partial charge in [-0.05, 0) is 93.5 Å². The molecule has 0 spiro atoms. The second kappa shape index (κ2) is 8.86. The van der Waals surface area contributed by atoms with Crippen molar-refractivity contribution >= 4 is 11.8 Å². The summed E-state index contributed by atoms with van der Waals surface area (Å²) in [4.78, 5) is 25.6. The minimum absolute atomic E-state index is 0.000509. The lowest BCUT2D eigenvalue weighted by atomic mass is 9.38. The highest BCUT2D eigenvalue weighted by molar-refractivity contribution is 5.90. The second-order valence-electron chi connectivity index (χ2n) is 14.9. The van der Waals surface area contributed by atoms with Gasteiger partial charge in [0.05, 0.1) is 18.8 Å². The molecule has 0 radical (unpaired) electrons. The van der Waals surface area contributed by atoms with Gasteiger partial charge in [0.15, 0.2) is 11.4 Å². The summed E-state index contributed by atoms with van der Waals surface area (Å²) in [7, 11) is 1.23. The third kappa shape index (κ3) is 3.53. The van der Waals surface area contributed by atoms with Gasteiger partial charge in [0.2, 0.25) is 0 Å². The molecule has 0 bridgehead atoms. The first-order valence-corrected chi connectivity index (χ1v) is 14.3. The molecule has 4 aliphatic carbocycles. The smallest absolute Gasteiger partial charge is 0.341 e. The van der Waals surface area contributed by atoms with Gasteiger partial charge in [0, 0.05) is 17.3 Å². The highest BCUT2D eigenvalue weighted by Crippen LogP contribution is 2.77.